The van der Waals surface area contributed by atoms with Crippen LogP contribution in [0.1, 0.15) is 28.3 Å². The van der Waals surface area contributed by atoms with Crippen molar-refractivity contribution in [3.63, 3.8) is 0 Å². The molecule has 92 valence electrons. The van der Waals surface area contributed by atoms with Crippen LogP contribution in [-0.2, 0) is 0 Å². The summed E-state index contributed by atoms with van der Waals surface area (Å²) < 4.78 is 0. The van der Waals surface area contributed by atoms with Crippen LogP contribution in [0.4, 0.5) is 0 Å². The van der Waals surface area contributed by atoms with Crippen molar-refractivity contribution in [3.8, 4) is 0 Å². The molecule has 2 rings (SSSR count). The summed E-state index contributed by atoms with van der Waals surface area (Å²) in [6.45, 7) is 0. The highest BCUT2D eigenvalue weighted by molar-refractivity contribution is 7.80. The lowest BCUT2D eigenvalue weighted by Crippen LogP contribution is -2.13. The molecule has 0 heterocycles. The summed E-state index contributed by atoms with van der Waals surface area (Å²) in [4.78, 5) is 12.5. The van der Waals surface area contributed by atoms with Gasteiger partial charge in [0, 0.05) is 11.5 Å². The maximum atomic E-state index is 12.5. The third kappa shape index (κ3) is 3.02. The van der Waals surface area contributed by atoms with Crippen molar-refractivity contribution in [2.24, 2.45) is 0 Å². The van der Waals surface area contributed by atoms with Crippen LogP contribution >= 0.6 is 12.6 Å². The molecule has 0 saturated heterocycles. The van der Waals surface area contributed by atoms with Crippen LogP contribution < -0.4 is 0 Å². The fourth-order valence-corrected chi connectivity index (χ4v) is 2.33. The molecule has 0 spiro atoms. The van der Waals surface area contributed by atoms with Gasteiger partial charge in [-0.1, -0.05) is 60.7 Å². The lowest BCUT2D eigenvalue weighted by atomic mass is 9.88. The summed E-state index contributed by atoms with van der Waals surface area (Å²) in [6, 6.07) is 19.4. The minimum absolute atomic E-state index is 0.0916. The van der Waals surface area contributed by atoms with Gasteiger partial charge in [0.25, 0.3) is 0 Å². The molecule has 0 unspecified atom stereocenters. The normalized spacial score (nSPS) is 12.1. The Morgan fingerprint density at radius 3 is 2.06 bits per heavy atom. The van der Waals surface area contributed by atoms with Gasteiger partial charge in [0.15, 0.2) is 5.78 Å². The monoisotopic (exact) mass is 256 g/mol. The maximum absolute atomic E-state index is 12.5. The highest BCUT2D eigenvalue weighted by Crippen LogP contribution is 2.24. The Labute approximate surface area is 113 Å². The Hall–Kier alpha value is -1.54. The second-order valence-corrected chi connectivity index (χ2v) is 4.65. The summed E-state index contributed by atoms with van der Waals surface area (Å²) in [6.07, 6.45) is 0.765. The zero-order chi connectivity index (χ0) is 12.8. The number of benzene rings is 2. The minimum atomic E-state index is -0.0916. The summed E-state index contributed by atoms with van der Waals surface area (Å²) >= 11 is 4.26. The fraction of sp³-hybridized carbons (Fsp3) is 0.188. The lowest BCUT2D eigenvalue weighted by Gasteiger charge is -2.15. The van der Waals surface area contributed by atoms with Gasteiger partial charge in [-0.15, -0.1) is 0 Å². The molecular formula is C16H16OS. The molecular weight excluding hydrogens is 240 g/mol. The number of thiol groups is 1. The Morgan fingerprint density at radius 1 is 0.944 bits per heavy atom. The molecule has 0 aliphatic carbocycles. The molecule has 0 N–H and O–H groups in total. The average Bonchev–Trinajstić information content (AvgIpc) is 2.46. The first-order valence-corrected chi connectivity index (χ1v) is 6.71. The van der Waals surface area contributed by atoms with Crippen molar-refractivity contribution in [2.45, 2.75) is 12.3 Å². The van der Waals surface area contributed by atoms with Crippen molar-refractivity contribution in [1.82, 2.24) is 0 Å². The number of carbonyl (C=O) groups is 1. The van der Waals surface area contributed by atoms with Crippen molar-refractivity contribution in [1.29, 1.82) is 0 Å². The van der Waals surface area contributed by atoms with E-state index in [1.54, 1.807) is 0 Å². The highest BCUT2D eigenvalue weighted by Gasteiger charge is 2.20. The number of hydrogen-bond acceptors (Lipinski definition) is 2. The van der Waals surface area contributed by atoms with Gasteiger partial charge >= 0.3 is 0 Å². The molecule has 0 fully saturated rings. The highest BCUT2D eigenvalue weighted by atomic mass is 32.1. The van der Waals surface area contributed by atoms with E-state index in [1.807, 2.05) is 60.7 Å². The van der Waals surface area contributed by atoms with E-state index in [9.17, 15) is 4.79 Å². The fourth-order valence-electron chi connectivity index (χ4n) is 2.07. The summed E-state index contributed by atoms with van der Waals surface area (Å²) in [5, 5.41) is 0. The van der Waals surface area contributed by atoms with Gasteiger partial charge < -0.3 is 0 Å². The number of Topliss-reactive ketones (excluding diaryl/α,β-unsaturated/α-hetero) is 1. The minimum Gasteiger partial charge on any atom is -0.293 e. The maximum Gasteiger partial charge on any atom is 0.170 e. The van der Waals surface area contributed by atoms with E-state index in [1.165, 1.54) is 0 Å². The molecule has 1 atom stereocenters. The van der Waals surface area contributed by atoms with Crippen LogP contribution in [-0.4, -0.2) is 11.5 Å². The predicted octanol–water partition coefficient (Wildman–Crippen LogP) is 3.97. The molecule has 0 amide bonds. The second-order valence-electron chi connectivity index (χ2n) is 4.21. The van der Waals surface area contributed by atoms with E-state index >= 15 is 0 Å². The average molecular weight is 256 g/mol. The van der Waals surface area contributed by atoms with Gasteiger partial charge in [-0.3, -0.25) is 4.79 Å². The summed E-state index contributed by atoms with van der Waals surface area (Å²) in [7, 11) is 0. The molecule has 18 heavy (non-hydrogen) atoms. The largest absolute Gasteiger partial charge is 0.293 e. The third-order valence-corrected chi connectivity index (χ3v) is 3.25. The van der Waals surface area contributed by atoms with Gasteiger partial charge in [-0.05, 0) is 17.7 Å². The Bertz CT molecular complexity index is 493. The molecule has 2 aromatic rings. The van der Waals surface area contributed by atoms with Crippen molar-refractivity contribution in [2.75, 3.05) is 5.75 Å². The van der Waals surface area contributed by atoms with Crippen molar-refractivity contribution in [3.05, 3.63) is 71.8 Å². The van der Waals surface area contributed by atoms with E-state index in [2.05, 4.69) is 12.6 Å². The van der Waals surface area contributed by atoms with E-state index in [0.717, 1.165) is 17.5 Å². The third-order valence-electron chi connectivity index (χ3n) is 2.99. The number of rotatable bonds is 5. The van der Waals surface area contributed by atoms with Crippen LogP contribution in [0.15, 0.2) is 60.7 Å². The van der Waals surface area contributed by atoms with E-state index in [-0.39, 0.29) is 11.7 Å². The van der Waals surface area contributed by atoms with Gasteiger partial charge in [0.05, 0.1) is 0 Å². The molecule has 0 aliphatic rings. The van der Waals surface area contributed by atoms with Gasteiger partial charge in [-0.25, -0.2) is 0 Å². The molecule has 1 nitrogen and oxygen atoms in total. The Kier molecular flexibility index (Phi) is 4.59. The summed E-state index contributed by atoms with van der Waals surface area (Å²) in [5.41, 5.74) is 1.84. The molecule has 0 saturated carbocycles. The number of hydrogen-bond donors (Lipinski definition) is 1. The lowest BCUT2D eigenvalue weighted by molar-refractivity contribution is 0.0958. The second kappa shape index (κ2) is 6.41. The SMILES string of the molecule is O=C(c1ccccc1)[C@H](CCS)c1ccccc1. The van der Waals surface area contributed by atoms with Crippen LogP contribution in [0.2, 0.25) is 0 Å². The zero-order valence-corrected chi connectivity index (χ0v) is 11.0. The topological polar surface area (TPSA) is 17.1 Å². The molecule has 0 radical (unpaired) electrons. The summed E-state index contributed by atoms with van der Waals surface area (Å²) in [5.74, 6) is 0.792. The van der Waals surface area contributed by atoms with Crippen LogP contribution in [0.25, 0.3) is 0 Å². The smallest absolute Gasteiger partial charge is 0.170 e. The van der Waals surface area contributed by atoms with E-state index in [0.29, 0.717) is 5.75 Å². The van der Waals surface area contributed by atoms with Gasteiger partial charge in [0.1, 0.15) is 0 Å². The first-order chi connectivity index (χ1) is 8.83. The molecule has 0 aliphatic heterocycles. The van der Waals surface area contributed by atoms with Gasteiger partial charge in [0.2, 0.25) is 0 Å². The predicted molar refractivity (Wildman–Crippen MR) is 78.4 cm³/mol. The standard InChI is InChI=1S/C16H16OS/c17-16(14-9-5-2-6-10-14)15(11-12-18)13-7-3-1-4-8-13/h1-10,15,18H,11-12H2/t15-/m1/s1. The van der Waals surface area contributed by atoms with Crippen molar-refractivity contribution >= 4 is 18.4 Å². The molecule has 2 aromatic carbocycles. The Morgan fingerprint density at radius 2 is 1.50 bits per heavy atom. The quantitative estimate of drug-likeness (QED) is 0.632. The molecule has 0 aromatic heterocycles. The van der Waals surface area contributed by atoms with Crippen LogP contribution in [0.5, 0.6) is 0 Å². The van der Waals surface area contributed by atoms with E-state index < -0.39 is 0 Å². The van der Waals surface area contributed by atoms with Crippen LogP contribution in [0, 0.1) is 0 Å². The van der Waals surface area contributed by atoms with E-state index in [4.69, 9.17) is 0 Å². The first-order valence-electron chi connectivity index (χ1n) is 6.08. The number of ketones is 1. The van der Waals surface area contributed by atoms with Crippen molar-refractivity contribution < 1.29 is 4.79 Å². The van der Waals surface area contributed by atoms with Gasteiger partial charge in [-0.2, -0.15) is 12.6 Å². The van der Waals surface area contributed by atoms with Crippen LogP contribution in [0.3, 0.4) is 0 Å². The number of carbonyl (C=O) groups excluding carboxylic acids is 1. The zero-order valence-electron chi connectivity index (χ0n) is 10.1. The molecule has 2 heteroatoms. The Balaban J connectivity index is 2.29. The molecule has 0 bridgehead atoms. The first kappa shape index (κ1) is 12.9.